The van der Waals surface area contributed by atoms with Gasteiger partial charge in [-0.3, -0.25) is 4.99 Å². The van der Waals surface area contributed by atoms with E-state index in [1.54, 1.807) is 12.3 Å². The quantitative estimate of drug-likeness (QED) is 0.240. The minimum absolute atomic E-state index is 0.264. The van der Waals surface area contributed by atoms with Crippen LogP contribution in [0.5, 0.6) is 5.75 Å². The van der Waals surface area contributed by atoms with Crippen molar-refractivity contribution in [2.24, 2.45) is 4.99 Å². The molecular formula is C23H31NOS. The Hall–Kier alpha value is -1.74. The van der Waals surface area contributed by atoms with Crippen molar-refractivity contribution in [3.63, 3.8) is 0 Å². The fourth-order valence-electron chi connectivity index (χ4n) is 2.84. The average Bonchev–Trinajstić information content (AvgIpc) is 2.67. The highest BCUT2D eigenvalue weighted by atomic mass is 32.2. The molecule has 1 N–H and O–H groups in total. The molecule has 0 spiro atoms. The summed E-state index contributed by atoms with van der Waals surface area (Å²) in [7, 11) is 0. The Morgan fingerprint density at radius 1 is 0.846 bits per heavy atom. The van der Waals surface area contributed by atoms with Crippen LogP contribution in [0.25, 0.3) is 0 Å². The summed E-state index contributed by atoms with van der Waals surface area (Å²) < 4.78 is 0. The highest BCUT2D eigenvalue weighted by Gasteiger charge is 2.02. The van der Waals surface area contributed by atoms with Crippen LogP contribution in [0.1, 0.15) is 63.9 Å². The van der Waals surface area contributed by atoms with Crippen molar-refractivity contribution in [1.29, 1.82) is 0 Å². The third-order valence-corrected chi connectivity index (χ3v) is 5.55. The molecule has 0 radical (unpaired) electrons. The Morgan fingerprint density at radius 3 is 2.27 bits per heavy atom. The number of benzene rings is 2. The Balaban J connectivity index is 1.76. The van der Waals surface area contributed by atoms with Crippen LogP contribution in [0.2, 0.25) is 0 Å². The number of phenols is 1. The zero-order valence-corrected chi connectivity index (χ0v) is 16.7. The summed E-state index contributed by atoms with van der Waals surface area (Å²) in [5, 5.41) is 9.85. The van der Waals surface area contributed by atoms with Crippen molar-refractivity contribution in [3.05, 3.63) is 54.1 Å². The molecule has 0 heterocycles. The fourth-order valence-corrected chi connectivity index (χ4v) is 3.85. The number of rotatable bonds is 12. The first-order valence-corrected chi connectivity index (χ1v) is 10.8. The van der Waals surface area contributed by atoms with Crippen LogP contribution in [-0.2, 0) is 0 Å². The number of unbranched alkanes of at least 4 members (excludes halogenated alkanes) is 7. The summed E-state index contributed by atoms with van der Waals surface area (Å²) in [6.07, 6.45) is 12.6. The molecule has 0 aliphatic rings. The normalized spacial score (nSPS) is 11.3. The molecule has 2 aromatic rings. The summed E-state index contributed by atoms with van der Waals surface area (Å²) in [6.45, 7) is 2.27. The maximum atomic E-state index is 9.85. The number of hydrogen-bond acceptors (Lipinski definition) is 3. The van der Waals surface area contributed by atoms with E-state index in [4.69, 9.17) is 0 Å². The fraction of sp³-hybridized carbons (Fsp3) is 0.435. The standard InChI is InChI=1S/C23H31NOS/c1-2-3-4-5-6-7-8-13-18-26-23-17-12-10-15-21(23)24-19-20-14-9-11-16-22(20)25/h9-12,14-17,19,25H,2-8,13,18H2,1H3. The summed E-state index contributed by atoms with van der Waals surface area (Å²) >= 11 is 1.88. The average molecular weight is 370 g/mol. The van der Waals surface area contributed by atoms with Gasteiger partial charge < -0.3 is 5.11 Å². The van der Waals surface area contributed by atoms with E-state index < -0.39 is 0 Å². The molecule has 26 heavy (non-hydrogen) atoms. The van der Waals surface area contributed by atoms with E-state index in [0.29, 0.717) is 0 Å². The number of para-hydroxylation sites is 2. The van der Waals surface area contributed by atoms with Gasteiger partial charge in [0, 0.05) is 16.7 Å². The number of aliphatic imine (C=N–C) groups is 1. The molecule has 0 saturated carbocycles. The molecule has 0 aliphatic heterocycles. The third-order valence-electron chi connectivity index (χ3n) is 4.40. The molecule has 0 atom stereocenters. The summed E-state index contributed by atoms with van der Waals surface area (Å²) in [5.41, 5.74) is 1.72. The SMILES string of the molecule is CCCCCCCCCCSc1ccccc1N=Cc1ccccc1O. The zero-order chi connectivity index (χ0) is 18.5. The predicted molar refractivity (Wildman–Crippen MR) is 115 cm³/mol. The lowest BCUT2D eigenvalue weighted by Gasteiger charge is -2.06. The van der Waals surface area contributed by atoms with Crippen molar-refractivity contribution in [2.45, 2.75) is 63.2 Å². The van der Waals surface area contributed by atoms with Crippen molar-refractivity contribution >= 4 is 23.7 Å². The third kappa shape index (κ3) is 7.65. The first-order chi connectivity index (χ1) is 12.8. The lowest BCUT2D eigenvalue weighted by Crippen LogP contribution is -1.85. The summed E-state index contributed by atoms with van der Waals surface area (Å²) in [5.74, 6) is 1.40. The summed E-state index contributed by atoms with van der Waals surface area (Å²) in [6, 6.07) is 15.5. The molecule has 0 aliphatic carbocycles. The number of hydrogen-bond donors (Lipinski definition) is 1. The van der Waals surface area contributed by atoms with Gasteiger partial charge in [-0.15, -0.1) is 11.8 Å². The van der Waals surface area contributed by atoms with Gasteiger partial charge in [-0.2, -0.15) is 0 Å². The monoisotopic (exact) mass is 369 g/mol. The molecule has 140 valence electrons. The Kier molecular flexibility index (Phi) is 9.96. The molecule has 0 bridgehead atoms. The molecule has 3 heteroatoms. The lowest BCUT2D eigenvalue weighted by atomic mass is 10.1. The molecule has 0 aromatic heterocycles. The van der Waals surface area contributed by atoms with E-state index in [1.807, 2.05) is 42.1 Å². The topological polar surface area (TPSA) is 32.6 Å². The van der Waals surface area contributed by atoms with Gasteiger partial charge in [0.1, 0.15) is 5.75 Å². The van der Waals surface area contributed by atoms with Crippen LogP contribution in [0, 0.1) is 0 Å². The number of phenolic OH excluding ortho intramolecular Hbond substituents is 1. The molecule has 0 unspecified atom stereocenters. The maximum absolute atomic E-state index is 9.85. The molecule has 0 amide bonds. The van der Waals surface area contributed by atoms with Crippen molar-refractivity contribution in [1.82, 2.24) is 0 Å². The maximum Gasteiger partial charge on any atom is 0.124 e. The minimum atomic E-state index is 0.264. The highest BCUT2D eigenvalue weighted by molar-refractivity contribution is 7.99. The molecule has 2 aromatic carbocycles. The van der Waals surface area contributed by atoms with Crippen LogP contribution in [0.15, 0.2) is 58.4 Å². The van der Waals surface area contributed by atoms with Crippen LogP contribution in [-0.4, -0.2) is 17.1 Å². The van der Waals surface area contributed by atoms with Crippen molar-refractivity contribution in [2.75, 3.05) is 5.75 Å². The van der Waals surface area contributed by atoms with E-state index in [2.05, 4.69) is 24.0 Å². The second-order valence-corrected chi connectivity index (χ2v) is 7.74. The first-order valence-electron chi connectivity index (χ1n) is 9.85. The van der Waals surface area contributed by atoms with E-state index in [9.17, 15) is 5.11 Å². The lowest BCUT2D eigenvalue weighted by molar-refractivity contribution is 0.474. The van der Waals surface area contributed by atoms with Gasteiger partial charge in [-0.25, -0.2) is 0 Å². The van der Waals surface area contributed by atoms with Gasteiger partial charge in [0.2, 0.25) is 0 Å². The van der Waals surface area contributed by atoms with Crippen LogP contribution < -0.4 is 0 Å². The zero-order valence-electron chi connectivity index (χ0n) is 15.9. The summed E-state index contributed by atoms with van der Waals surface area (Å²) in [4.78, 5) is 5.80. The number of aromatic hydroxyl groups is 1. The second kappa shape index (κ2) is 12.6. The van der Waals surface area contributed by atoms with Crippen molar-refractivity contribution in [3.8, 4) is 5.75 Å². The van der Waals surface area contributed by atoms with E-state index in [-0.39, 0.29) is 5.75 Å². The van der Waals surface area contributed by atoms with Gasteiger partial charge in [-0.1, -0.05) is 76.1 Å². The first kappa shape index (κ1) is 20.6. The van der Waals surface area contributed by atoms with Crippen molar-refractivity contribution < 1.29 is 5.11 Å². The van der Waals surface area contributed by atoms with Gasteiger partial charge in [-0.05, 0) is 36.4 Å². The van der Waals surface area contributed by atoms with Crippen LogP contribution in [0.4, 0.5) is 5.69 Å². The van der Waals surface area contributed by atoms with Gasteiger partial charge in [0.25, 0.3) is 0 Å². The largest absolute Gasteiger partial charge is 0.507 e. The van der Waals surface area contributed by atoms with E-state index in [1.165, 1.54) is 56.3 Å². The molecule has 0 fully saturated rings. The van der Waals surface area contributed by atoms with Crippen LogP contribution >= 0.6 is 11.8 Å². The molecule has 0 saturated heterocycles. The van der Waals surface area contributed by atoms with E-state index in [0.717, 1.165) is 17.0 Å². The van der Waals surface area contributed by atoms with E-state index >= 15 is 0 Å². The number of thioether (sulfide) groups is 1. The molecule has 2 rings (SSSR count). The minimum Gasteiger partial charge on any atom is -0.507 e. The number of nitrogens with zero attached hydrogens (tertiary/aromatic N) is 1. The second-order valence-electron chi connectivity index (χ2n) is 6.61. The van der Waals surface area contributed by atoms with Gasteiger partial charge in [0.15, 0.2) is 0 Å². The highest BCUT2D eigenvalue weighted by Crippen LogP contribution is 2.30. The Bertz CT molecular complexity index is 669. The Labute approximate surface area is 162 Å². The molecular weight excluding hydrogens is 338 g/mol. The van der Waals surface area contributed by atoms with Crippen LogP contribution in [0.3, 0.4) is 0 Å². The van der Waals surface area contributed by atoms with Gasteiger partial charge >= 0.3 is 0 Å². The van der Waals surface area contributed by atoms with Gasteiger partial charge in [0.05, 0.1) is 5.69 Å². The predicted octanol–water partition coefficient (Wildman–Crippen LogP) is 7.38. The Morgan fingerprint density at radius 2 is 1.50 bits per heavy atom. The molecule has 2 nitrogen and oxygen atoms in total. The smallest absolute Gasteiger partial charge is 0.124 e.